The summed E-state index contributed by atoms with van der Waals surface area (Å²) in [7, 11) is 0. The smallest absolute Gasteiger partial charge is 0.481 e. The number of anilines is 1. The highest BCUT2D eigenvalue weighted by Gasteiger charge is 2.31. The zero-order chi connectivity index (χ0) is 26.1. The Kier molecular flexibility index (Phi) is 10.3. The van der Waals surface area contributed by atoms with Crippen LogP contribution in [0.4, 0.5) is 23.1 Å². The van der Waals surface area contributed by atoms with E-state index in [1.165, 1.54) is 35.7 Å². The zero-order valence-electron chi connectivity index (χ0n) is 19.6. The van der Waals surface area contributed by atoms with Crippen LogP contribution in [0.3, 0.4) is 0 Å². The molecule has 36 heavy (non-hydrogen) atoms. The number of carbonyl (C=O) groups excluding carboxylic acids is 1. The predicted molar refractivity (Wildman–Crippen MR) is 130 cm³/mol. The van der Waals surface area contributed by atoms with Gasteiger partial charge in [0.15, 0.2) is 5.13 Å². The van der Waals surface area contributed by atoms with Crippen LogP contribution < -0.4 is 10.1 Å². The third kappa shape index (κ3) is 9.51. The van der Waals surface area contributed by atoms with E-state index in [-0.39, 0.29) is 36.8 Å². The third-order valence-corrected chi connectivity index (χ3v) is 7.69. The Hall–Kier alpha value is -2.51. The topological polar surface area (TPSA) is 101 Å². The van der Waals surface area contributed by atoms with Crippen LogP contribution in [0.5, 0.6) is 5.75 Å². The summed E-state index contributed by atoms with van der Waals surface area (Å²) in [4.78, 5) is 29.8. The Bertz CT molecular complexity index is 1010. The summed E-state index contributed by atoms with van der Waals surface area (Å²) < 4.78 is 47.6. The molecule has 2 amide bonds. The molecule has 0 unspecified atom stereocenters. The van der Waals surface area contributed by atoms with Crippen molar-refractivity contribution in [2.75, 3.05) is 24.2 Å². The second-order valence-corrected chi connectivity index (χ2v) is 10.8. The molecule has 1 aromatic heterocycles. The molecule has 1 aliphatic carbocycles. The zero-order valence-corrected chi connectivity index (χ0v) is 21.3. The van der Waals surface area contributed by atoms with Crippen LogP contribution in [-0.4, -0.2) is 58.3 Å². The van der Waals surface area contributed by atoms with Crippen LogP contribution in [0.1, 0.15) is 38.2 Å². The van der Waals surface area contributed by atoms with Crippen molar-refractivity contribution in [1.82, 2.24) is 9.88 Å². The lowest BCUT2D eigenvalue weighted by Crippen LogP contribution is -2.46. The number of nitrogens with zero attached hydrogens (tertiary/aromatic N) is 2. The summed E-state index contributed by atoms with van der Waals surface area (Å²) in [5.41, 5.74) is 0.522. The summed E-state index contributed by atoms with van der Waals surface area (Å²) in [6.45, 7) is 2.76. The number of benzene rings is 1. The minimum Gasteiger partial charge on any atom is -0.481 e. The second kappa shape index (κ2) is 13.2. The first kappa shape index (κ1) is 28.1. The Balaban J connectivity index is 1.56. The fourth-order valence-electron chi connectivity index (χ4n) is 3.87. The molecule has 2 aromatic rings. The number of nitrogens with one attached hydrogen (secondary N) is 1. The molecule has 0 aliphatic heterocycles. The number of hydrogen-bond acceptors (Lipinski definition) is 7. The largest absolute Gasteiger partial charge is 0.573 e. The number of urea groups is 1. The SMILES string of the molecule is CC1CCC(N(CCOCc2cccc(OC(F)(F)F)c2)C(=O)Nc2ncc(SCC(=O)O)s2)CC1. The highest BCUT2D eigenvalue weighted by atomic mass is 32.2. The van der Waals surface area contributed by atoms with E-state index in [0.29, 0.717) is 27.4 Å². The fraction of sp³-hybridized carbons (Fsp3) is 0.522. The van der Waals surface area contributed by atoms with Crippen molar-refractivity contribution in [3.63, 3.8) is 0 Å². The van der Waals surface area contributed by atoms with E-state index in [2.05, 4.69) is 22.0 Å². The van der Waals surface area contributed by atoms with Gasteiger partial charge in [-0.25, -0.2) is 9.78 Å². The summed E-state index contributed by atoms with van der Waals surface area (Å²) >= 11 is 2.34. The van der Waals surface area contributed by atoms with Gasteiger partial charge in [0.05, 0.1) is 29.4 Å². The molecule has 0 atom stereocenters. The number of carbonyl (C=O) groups is 2. The molecule has 1 saturated carbocycles. The molecule has 1 aliphatic rings. The van der Waals surface area contributed by atoms with E-state index in [0.717, 1.165) is 37.4 Å². The minimum atomic E-state index is -4.77. The van der Waals surface area contributed by atoms with Gasteiger partial charge in [-0.2, -0.15) is 0 Å². The first-order valence-corrected chi connectivity index (χ1v) is 13.2. The van der Waals surface area contributed by atoms with E-state index in [9.17, 15) is 22.8 Å². The van der Waals surface area contributed by atoms with Crippen molar-refractivity contribution in [1.29, 1.82) is 0 Å². The Morgan fingerprint density at radius 2 is 2.03 bits per heavy atom. The molecule has 0 spiro atoms. The van der Waals surface area contributed by atoms with Crippen LogP contribution in [0.25, 0.3) is 0 Å². The van der Waals surface area contributed by atoms with Gasteiger partial charge in [0.1, 0.15) is 5.75 Å². The summed E-state index contributed by atoms with van der Waals surface area (Å²) in [6, 6.07) is 5.30. The van der Waals surface area contributed by atoms with Gasteiger partial charge in [0, 0.05) is 12.6 Å². The molecule has 13 heteroatoms. The number of carboxylic acid groups (broad SMARTS) is 1. The summed E-state index contributed by atoms with van der Waals surface area (Å²) in [5, 5.41) is 12.0. The monoisotopic (exact) mass is 547 g/mol. The number of thioether (sulfide) groups is 1. The predicted octanol–water partition coefficient (Wildman–Crippen LogP) is 5.85. The molecular weight excluding hydrogens is 519 g/mol. The van der Waals surface area contributed by atoms with E-state index in [1.54, 1.807) is 11.0 Å². The number of aliphatic carboxylic acids is 1. The van der Waals surface area contributed by atoms with Gasteiger partial charge in [-0.15, -0.1) is 24.9 Å². The average Bonchev–Trinajstić information content (AvgIpc) is 3.25. The van der Waals surface area contributed by atoms with E-state index in [1.807, 2.05) is 0 Å². The molecule has 2 N–H and O–H groups in total. The molecule has 0 radical (unpaired) electrons. The highest BCUT2D eigenvalue weighted by molar-refractivity contribution is 8.01. The summed E-state index contributed by atoms with van der Waals surface area (Å²) in [6.07, 6.45) is 0.507. The van der Waals surface area contributed by atoms with E-state index >= 15 is 0 Å². The molecular formula is C23H28F3N3O5S2. The number of hydrogen-bond donors (Lipinski definition) is 2. The summed E-state index contributed by atoms with van der Waals surface area (Å²) in [5.74, 6) is -0.743. The van der Waals surface area contributed by atoms with Crippen LogP contribution in [-0.2, 0) is 16.1 Å². The maximum absolute atomic E-state index is 13.1. The van der Waals surface area contributed by atoms with Gasteiger partial charge >= 0.3 is 18.4 Å². The maximum atomic E-state index is 13.1. The molecule has 1 fully saturated rings. The normalized spacial score (nSPS) is 18.0. The molecule has 1 heterocycles. The number of ether oxygens (including phenoxy) is 2. The lowest BCUT2D eigenvalue weighted by Gasteiger charge is -2.36. The molecule has 3 rings (SSSR count). The fourth-order valence-corrected chi connectivity index (χ4v) is 5.45. The van der Waals surface area contributed by atoms with Crippen molar-refractivity contribution >= 4 is 40.2 Å². The van der Waals surface area contributed by atoms with E-state index in [4.69, 9.17) is 9.84 Å². The van der Waals surface area contributed by atoms with Crippen LogP contribution in [0.15, 0.2) is 34.7 Å². The van der Waals surface area contributed by atoms with Gasteiger partial charge in [0.25, 0.3) is 0 Å². The van der Waals surface area contributed by atoms with Crippen molar-refractivity contribution in [3.05, 3.63) is 36.0 Å². The van der Waals surface area contributed by atoms with Gasteiger partial charge in [-0.05, 0) is 49.3 Å². The minimum absolute atomic E-state index is 0.0362. The lowest BCUT2D eigenvalue weighted by atomic mass is 9.86. The van der Waals surface area contributed by atoms with Crippen LogP contribution in [0.2, 0.25) is 0 Å². The first-order valence-electron chi connectivity index (χ1n) is 11.4. The van der Waals surface area contributed by atoms with Crippen molar-refractivity contribution < 1.29 is 37.3 Å². The Labute approximate surface area is 215 Å². The molecule has 8 nitrogen and oxygen atoms in total. The third-order valence-electron chi connectivity index (χ3n) is 5.60. The second-order valence-electron chi connectivity index (χ2n) is 8.45. The lowest BCUT2D eigenvalue weighted by molar-refractivity contribution is -0.274. The van der Waals surface area contributed by atoms with Gasteiger partial charge in [0.2, 0.25) is 0 Å². The Morgan fingerprint density at radius 1 is 1.28 bits per heavy atom. The van der Waals surface area contributed by atoms with E-state index < -0.39 is 12.3 Å². The van der Waals surface area contributed by atoms with Crippen molar-refractivity contribution in [3.8, 4) is 5.75 Å². The number of carboxylic acids is 1. The molecule has 198 valence electrons. The quantitative estimate of drug-likeness (QED) is 0.269. The Morgan fingerprint density at radius 3 is 2.72 bits per heavy atom. The number of halogens is 3. The van der Waals surface area contributed by atoms with Crippen LogP contribution >= 0.6 is 23.1 Å². The average molecular weight is 548 g/mol. The van der Waals surface area contributed by atoms with Gasteiger partial charge < -0.3 is 19.5 Å². The number of rotatable bonds is 11. The number of aromatic nitrogens is 1. The first-order chi connectivity index (χ1) is 17.1. The maximum Gasteiger partial charge on any atom is 0.573 e. The number of thiazole rings is 1. The number of alkyl halides is 3. The molecule has 0 saturated heterocycles. The number of amides is 2. The highest BCUT2D eigenvalue weighted by Crippen LogP contribution is 2.30. The standard InChI is InChI=1S/C23H28F3N3O5S2/c1-15-5-7-17(8-6-15)29(22(32)28-21-27-12-20(36-21)35-14-19(30)31)9-10-33-13-16-3-2-4-18(11-16)34-23(24,25)26/h2-4,11-12,15,17H,5-10,13-14H2,1H3,(H,30,31)(H,27,28,32). The van der Waals surface area contributed by atoms with Gasteiger partial charge in [-0.1, -0.05) is 30.4 Å². The van der Waals surface area contributed by atoms with Crippen LogP contribution in [0, 0.1) is 5.92 Å². The molecule has 0 bridgehead atoms. The van der Waals surface area contributed by atoms with Crippen molar-refractivity contribution in [2.24, 2.45) is 5.92 Å². The van der Waals surface area contributed by atoms with Crippen molar-refractivity contribution in [2.45, 2.75) is 55.8 Å². The molecule has 1 aromatic carbocycles. The van der Waals surface area contributed by atoms with Gasteiger partial charge in [-0.3, -0.25) is 10.1 Å².